The molecular weight excluding hydrogens is 1270 g/mol. The van der Waals surface area contributed by atoms with Crippen LogP contribution in [0.4, 0.5) is 5.69 Å². The number of halogens is 1. The number of ether oxygens (including phenoxy) is 4. The summed E-state index contributed by atoms with van der Waals surface area (Å²) in [5.74, 6) is 0.476. The zero-order valence-electron chi connectivity index (χ0n) is 60.0. The molecule has 0 spiro atoms. The highest BCUT2D eigenvalue weighted by Crippen LogP contribution is 2.52. The highest BCUT2D eigenvalue weighted by atomic mass is 35.5. The second-order valence-electron chi connectivity index (χ2n) is 28.4. The molecule has 4 atom stereocenters. The summed E-state index contributed by atoms with van der Waals surface area (Å²) in [6.45, 7) is 32.0. The lowest BCUT2D eigenvalue weighted by molar-refractivity contribution is -0.953. The summed E-state index contributed by atoms with van der Waals surface area (Å²) in [4.78, 5) is 5.26. The maximum Gasteiger partial charge on any atom is 0.179 e. The van der Waals surface area contributed by atoms with Crippen molar-refractivity contribution in [1.29, 1.82) is 0 Å². The molecule has 2 bridgehead atoms. The summed E-state index contributed by atoms with van der Waals surface area (Å²) in [6, 6.07) is 35.9. The van der Waals surface area contributed by atoms with E-state index in [4.69, 9.17) is 18.9 Å². The van der Waals surface area contributed by atoms with E-state index < -0.39 is 54.5 Å². The summed E-state index contributed by atoms with van der Waals surface area (Å²) < 4.78 is 82.4. The maximum absolute atomic E-state index is 14.1. The molecule has 5 aliphatic rings. The van der Waals surface area contributed by atoms with Gasteiger partial charge in [-0.3, -0.25) is 4.90 Å². The van der Waals surface area contributed by atoms with Crippen LogP contribution in [0, 0.1) is 10.8 Å². The minimum atomic E-state index is -3.63. The number of fused-ring (bicyclic) bond motifs is 5. The van der Waals surface area contributed by atoms with Crippen molar-refractivity contribution in [2.75, 3.05) is 136 Å². The first-order valence-electron chi connectivity index (χ1n) is 36.2. The van der Waals surface area contributed by atoms with Crippen LogP contribution in [-0.4, -0.2) is 184 Å². The Hall–Kier alpha value is -4.63. The van der Waals surface area contributed by atoms with E-state index in [-0.39, 0.29) is 23.9 Å². The van der Waals surface area contributed by atoms with Gasteiger partial charge in [0.05, 0.1) is 99.2 Å². The molecule has 0 amide bonds. The van der Waals surface area contributed by atoms with E-state index in [0.29, 0.717) is 91.9 Å². The molecule has 5 heterocycles. The third-order valence-corrected chi connectivity index (χ3v) is 25.9. The molecule has 96 heavy (non-hydrogen) atoms. The number of anilines is 1. The fourth-order valence-electron chi connectivity index (χ4n) is 15.6. The van der Waals surface area contributed by atoms with Crippen molar-refractivity contribution in [2.24, 2.45) is 10.8 Å². The third-order valence-electron chi connectivity index (χ3n) is 21.9. The fourth-order valence-corrected chi connectivity index (χ4v) is 20.0. The molecule has 5 aromatic carbocycles. The van der Waals surface area contributed by atoms with Crippen molar-refractivity contribution in [1.82, 2.24) is 10.2 Å². The molecule has 18 heteroatoms. The Morgan fingerprint density at radius 3 is 1.44 bits per heavy atom. The number of unbranched alkanes of at least 4 members (excludes halogenated alkanes) is 4. The first kappa shape index (κ1) is 78.7. The predicted octanol–water partition coefficient (Wildman–Crippen LogP) is 9.97. The number of sulfone groups is 2. The van der Waals surface area contributed by atoms with Gasteiger partial charge in [-0.2, -0.15) is 0 Å². The van der Waals surface area contributed by atoms with E-state index >= 15 is 0 Å². The monoisotopic (exact) mass is 1380 g/mol. The van der Waals surface area contributed by atoms with E-state index in [1.807, 2.05) is 98.8 Å². The Kier molecular flexibility index (Phi) is 30.0. The SMILES string of the molecule is CCCCC1(CCCC)CS(=O)(=O)c2ccc(CNC)cc2[C@@H](c2ccc(OCc3ccc(C[N+]45CCN(CC4)CC5)cc3)cc2)[C@H]1O.CCCCC1(CCCC)CS(=O)(=O)c2ccc(N(C)C)cc2[C@@H](c2ccc(OCCOCCOCC[N+](CC)(CC)CC)cc2)[C@H]1O.[Cl-]. The highest BCUT2D eigenvalue weighted by Gasteiger charge is 2.51. The van der Waals surface area contributed by atoms with Crippen LogP contribution < -0.4 is 32.1 Å². The highest BCUT2D eigenvalue weighted by molar-refractivity contribution is 7.91. The normalized spacial score (nSPS) is 22.1. The number of aliphatic hydroxyl groups excluding tert-OH is 2. The van der Waals surface area contributed by atoms with Gasteiger partial charge in [0.1, 0.15) is 37.8 Å². The average Bonchev–Trinajstić information content (AvgIpc) is 1.57. The van der Waals surface area contributed by atoms with Crippen LogP contribution in [0.1, 0.15) is 176 Å². The van der Waals surface area contributed by atoms with E-state index in [9.17, 15) is 27.0 Å². The van der Waals surface area contributed by atoms with Crippen molar-refractivity contribution >= 4 is 25.4 Å². The molecule has 5 aliphatic heterocycles. The van der Waals surface area contributed by atoms with Crippen LogP contribution in [0.5, 0.6) is 11.5 Å². The molecule has 0 radical (unpaired) electrons. The Balaban J connectivity index is 0.000000268. The van der Waals surface area contributed by atoms with Gasteiger partial charge in [0.15, 0.2) is 19.7 Å². The van der Waals surface area contributed by atoms with Crippen LogP contribution in [0.2, 0.25) is 0 Å². The van der Waals surface area contributed by atoms with Gasteiger partial charge in [0.25, 0.3) is 0 Å². The zero-order valence-corrected chi connectivity index (χ0v) is 62.4. The van der Waals surface area contributed by atoms with Gasteiger partial charge < -0.3 is 60.8 Å². The molecule has 5 aromatic rings. The molecule has 0 aromatic heterocycles. The summed E-state index contributed by atoms with van der Waals surface area (Å²) >= 11 is 0. The molecule has 3 fully saturated rings. The molecule has 0 aliphatic carbocycles. The quantitative estimate of drug-likeness (QED) is 0.0260. The van der Waals surface area contributed by atoms with Gasteiger partial charge in [0, 0.05) is 74.2 Å². The minimum Gasteiger partial charge on any atom is -1.00 e. The number of piperazine rings is 3. The number of nitrogens with zero attached hydrogens (tertiary/aromatic N) is 4. The minimum absolute atomic E-state index is 0. The molecule has 3 N–H and O–H groups in total. The van der Waals surface area contributed by atoms with E-state index in [1.54, 1.807) is 12.1 Å². The Labute approximate surface area is 585 Å². The van der Waals surface area contributed by atoms with Crippen LogP contribution in [0.15, 0.2) is 119 Å². The maximum atomic E-state index is 14.1. The summed E-state index contributed by atoms with van der Waals surface area (Å²) in [5.41, 5.74) is 6.19. The molecule has 534 valence electrons. The largest absolute Gasteiger partial charge is 1.00 e. The zero-order chi connectivity index (χ0) is 68.3. The summed E-state index contributed by atoms with van der Waals surface area (Å²) in [7, 11) is -1.47. The number of hydrogen-bond acceptors (Lipinski definition) is 13. The molecule has 15 nitrogen and oxygen atoms in total. The molecule has 10 rings (SSSR count). The van der Waals surface area contributed by atoms with Gasteiger partial charge in [-0.05, 0) is 135 Å². The smallest absolute Gasteiger partial charge is 0.179 e. The molecule has 0 saturated carbocycles. The van der Waals surface area contributed by atoms with Gasteiger partial charge in [-0.1, -0.05) is 140 Å². The lowest BCUT2D eigenvalue weighted by atomic mass is 9.68. The van der Waals surface area contributed by atoms with Gasteiger partial charge in [-0.15, -0.1) is 0 Å². The first-order chi connectivity index (χ1) is 45.7. The second-order valence-corrected chi connectivity index (χ2v) is 32.3. The van der Waals surface area contributed by atoms with Crippen molar-refractivity contribution in [3.8, 4) is 11.5 Å². The second kappa shape index (κ2) is 36.6. The van der Waals surface area contributed by atoms with E-state index in [2.05, 4.69) is 82.9 Å². The Bertz CT molecular complexity index is 3340. The van der Waals surface area contributed by atoms with Crippen molar-refractivity contribution < 1.29 is 67.4 Å². The number of hydrogen-bond donors (Lipinski definition) is 3. The number of likely N-dealkylation sites (N-methyl/N-ethyl adjacent to an activating group) is 1. The van der Waals surface area contributed by atoms with Crippen LogP contribution in [0.25, 0.3) is 0 Å². The van der Waals surface area contributed by atoms with Crippen LogP contribution in [-0.2, 0) is 48.8 Å². The number of aliphatic hydroxyl groups is 2. The van der Waals surface area contributed by atoms with Gasteiger partial charge >= 0.3 is 0 Å². The number of rotatable bonds is 35. The first-order valence-corrected chi connectivity index (χ1v) is 39.5. The lowest BCUT2D eigenvalue weighted by Crippen LogP contribution is -3.00. The molecular formula is C78H119ClN5O10S2+. The van der Waals surface area contributed by atoms with Crippen LogP contribution in [0.3, 0.4) is 0 Å². The predicted molar refractivity (Wildman–Crippen MR) is 385 cm³/mol. The average molecular weight is 1390 g/mol. The van der Waals surface area contributed by atoms with E-state index in [1.165, 1.54) is 49.3 Å². The van der Waals surface area contributed by atoms with Crippen LogP contribution >= 0.6 is 0 Å². The van der Waals surface area contributed by atoms with Gasteiger partial charge in [-0.25, -0.2) is 16.8 Å². The van der Waals surface area contributed by atoms with E-state index in [0.717, 1.165) is 129 Å². The van der Waals surface area contributed by atoms with Crippen molar-refractivity contribution in [3.05, 3.63) is 148 Å². The lowest BCUT2D eigenvalue weighted by Gasteiger charge is -2.50. The Morgan fingerprint density at radius 2 is 0.979 bits per heavy atom. The number of quaternary nitrogens is 2. The summed E-state index contributed by atoms with van der Waals surface area (Å²) in [6.07, 6.45) is 8.38. The number of nitrogens with one attached hydrogen (secondary N) is 1. The number of benzene rings is 5. The molecule has 3 saturated heterocycles. The standard InChI is InChI=1S/C40H56N3O4S.C38H63N2O6S.ClH/c1-4-6-18-40(19-7-5-2)30-48(45,46)37-17-12-33(27-41-3)26-36(37)38(39(40)44)34-13-15-35(16-14-34)47-29-32-10-8-31(9-11-32)28-43-23-20-42(21-24-43)22-25-43;1-8-13-21-38(22-14-9-2)30-47(42,43)35-20-17-32(39(6)7)29-34(35)36(37(38)41)31-15-18-33(19-16-31)46-28-27-45-26-25-44-24-23-40(10-3,11-4)12-5;/h8-17,26,38-39,41,44H,4-7,18-25,27-30H2,1-3H3;15-20,29,36-37,41H,8-14,21-28,30H2,1-7H3;1H/q2*+1;/p-1/t38-,39-;36-,37-;/m11./s1. The topological polar surface area (TPSA) is 164 Å². The third kappa shape index (κ3) is 19.7. The molecule has 0 unspecified atom stereocenters. The fraction of sp³-hybridized carbons (Fsp3) is 0.615. The summed E-state index contributed by atoms with van der Waals surface area (Å²) in [5, 5.41) is 28.0. The van der Waals surface area contributed by atoms with Crippen molar-refractivity contribution in [2.45, 2.75) is 179 Å². The van der Waals surface area contributed by atoms with Crippen molar-refractivity contribution in [3.63, 3.8) is 0 Å². The Morgan fingerprint density at radius 1 is 0.552 bits per heavy atom. The van der Waals surface area contributed by atoms with Gasteiger partial charge in [0.2, 0.25) is 0 Å².